The summed E-state index contributed by atoms with van der Waals surface area (Å²) in [5.41, 5.74) is 0.376. The molecular weight excluding hydrogens is 376 g/mol. The van der Waals surface area contributed by atoms with Crippen LogP contribution < -0.4 is 5.32 Å². The summed E-state index contributed by atoms with van der Waals surface area (Å²) < 4.78 is 26.7. The number of phenols is 1. The van der Waals surface area contributed by atoms with Crippen LogP contribution in [0.5, 0.6) is 5.75 Å². The highest BCUT2D eigenvalue weighted by Crippen LogP contribution is 2.22. The van der Waals surface area contributed by atoms with E-state index in [0.29, 0.717) is 36.5 Å². The number of hydrogen-bond acceptors (Lipinski definition) is 4. The summed E-state index contributed by atoms with van der Waals surface area (Å²) in [7, 11) is -3.56. The predicted molar refractivity (Wildman–Crippen MR) is 98.8 cm³/mol. The molecule has 0 bridgehead atoms. The van der Waals surface area contributed by atoms with Crippen molar-refractivity contribution in [1.29, 1.82) is 0 Å². The minimum Gasteiger partial charge on any atom is -0.508 e. The van der Waals surface area contributed by atoms with Crippen molar-refractivity contribution in [2.45, 2.75) is 23.8 Å². The topological polar surface area (TPSA) is 86.7 Å². The van der Waals surface area contributed by atoms with Gasteiger partial charge in [-0.1, -0.05) is 17.7 Å². The highest BCUT2D eigenvalue weighted by atomic mass is 35.5. The Bertz CT molecular complexity index is 892. The van der Waals surface area contributed by atoms with Gasteiger partial charge in [0.25, 0.3) is 5.91 Å². The van der Waals surface area contributed by atoms with Gasteiger partial charge in [-0.2, -0.15) is 4.31 Å². The minimum absolute atomic E-state index is 0.0292. The van der Waals surface area contributed by atoms with Crippen molar-refractivity contribution < 1.29 is 18.3 Å². The minimum atomic E-state index is -3.56. The molecule has 0 saturated carbocycles. The summed E-state index contributed by atoms with van der Waals surface area (Å²) in [6.07, 6.45) is 1.05. The first kappa shape index (κ1) is 18.7. The Kier molecular flexibility index (Phi) is 5.50. The standard InChI is InChI=1S/C18H19ClN2O4S/c19-14-4-6-17(7-5-14)26(24,25)21-10-8-15(9-11-21)20-18(23)13-2-1-3-16(22)12-13/h1-7,12,15,22H,8-11H2,(H,20,23). The van der Waals surface area contributed by atoms with Crippen LogP contribution in [0.2, 0.25) is 5.02 Å². The lowest BCUT2D eigenvalue weighted by atomic mass is 10.1. The molecule has 0 aliphatic carbocycles. The van der Waals surface area contributed by atoms with Crippen LogP contribution in [0.4, 0.5) is 0 Å². The Morgan fingerprint density at radius 2 is 1.77 bits per heavy atom. The van der Waals surface area contributed by atoms with E-state index in [-0.39, 0.29) is 22.6 Å². The van der Waals surface area contributed by atoms with Crippen molar-refractivity contribution in [3.8, 4) is 5.75 Å². The summed E-state index contributed by atoms with van der Waals surface area (Å²) in [5, 5.41) is 12.8. The Balaban J connectivity index is 1.60. The zero-order valence-electron chi connectivity index (χ0n) is 13.9. The number of nitrogens with one attached hydrogen (secondary N) is 1. The number of aromatic hydroxyl groups is 1. The molecule has 1 aliphatic rings. The van der Waals surface area contributed by atoms with Gasteiger partial charge >= 0.3 is 0 Å². The van der Waals surface area contributed by atoms with Gasteiger partial charge in [-0.15, -0.1) is 0 Å². The molecule has 1 aliphatic heterocycles. The van der Waals surface area contributed by atoms with Crippen molar-refractivity contribution in [3.63, 3.8) is 0 Å². The van der Waals surface area contributed by atoms with Crippen molar-refractivity contribution in [2.75, 3.05) is 13.1 Å². The molecule has 0 aromatic heterocycles. The maximum Gasteiger partial charge on any atom is 0.251 e. The molecule has 8 heteroatoms. The summed E-state index contributed by atoms with van der Waals surface area (Å²) in [5.74, 6) is -0.249. The SMILES string of the molecule is O=C(NC1CCN(S(=O)(=O)c2ccc(Cl)cc2)CC1)c1cccc(O)c1. The summed E-state index contributed by atoms with van der Waals surface area (Å²) >= 11 is 5.81. The molecule has 6 nitrogen and oxygen atoms in total. The Hall–Kier alpha value is -2.09. The second-order valence-corrected chi connectivity index (χ2v) is 8.53. The number of sulfonamides is 1. The fourth-order valence-electron chi connectivity index (χ4n) is 2.91. The van der Waals surface area contributed by atoms with Crippen molar-refractivity contribution in [2.24, 2.45) is 0 Å². The lowest BCUT2D eigenvalue weighted by molar-refractivity contribution is 0.0923. The number of phenolic OH excluding ortho intramolecular Hbond substituents is 1. The summed E-state index contributed by atoms with van der Waals surface area (Å²) in [6.45, 7) is 0.659. The third-order valence-electron chi connectivity index (χ3n) is 4.35. The lowest BCUT2D eigenvalue weighted by Crippen LogP contribution is -2.46. The maximum atomic E-state index is 12.7. The van der Waals surface area contributed by atoms with Crippen LogP contribution in [0.1, 0.15) is 23.2 Å². The van der Waals surface area contributed by atoms with Gasteiger partial charge in [0.15, 0.2) is 0 Å². The quantitative estimate of drug-likeness (QED) is 0.834. The third kappa shape index (κ3) is 4.17. The maximum absolute atomic E-state index is 12.7. The first-order valence-electron chi connectivity index (χ1n) is 8.22. The van der Waals surface area contributed by atoms with Crippen molar-refractivity contribution in [1.82, 2.24) is 9.62 Å². The van der Waals surface area contributed by atoms with E-state index < -0.39 is 10.0 Å². The fourth-order valence-corrected chi connectivity index (χ4v) is 4.51. The molecule has 1 fully saturated rings. The van der Waals surface area contributed by atoms with E-state index >= 15 is 0 Å². The van der Waals surface area contributed by atoms with Gasteiger partial charge in [-0.05, 0) is 55.3 Å². The number of rotatable bonds is 4. The highest BCUT2D eigenvalue weighted by molar-refractivity contribution is 7.89. The second-order valence-electron chi connectivity index (χ2n) is 6.16. The molecule has 2 aromatic rings. The van der Waals surface area contributed by atoms with E-state index in [9.17, 15) is 18.3 Å². The molecule has 1 amide bonds. The van der Waals surface area contributed by atoms with Gasteiger partial charge < -0.3 is 10.4 Å². The molecular formula is C18H19ClN2O4S. The zero-order chi connectivity index (χ0) is 18.7. The molecule has 0 atom stereocenters. The number of nitrogens with zero attached hydrogens (tertiary/aromatic N) is 1. The monoisotopic (exact) mass is 394 g/mol. The molecule has 26 heavy (non-hydrogen) atoms. The first-order valence-corrected chi connectivity index (χ1v) is 10.0. The molecule has 3 rings (SSSR count). The van der Waals surface area contributed by atoms with Crippen LogP contribution in [0.25, 0.3) is 0 Å². The Labute approximate surface area is 157 Å². The Morgan fingerprint density at radius 1 is 1.12 bits per heavy atom. The smallest absolute Gasteiger partial charge is 0.251 e. The molecule has 1 heterocycles. The van der Waals surface area contributed by atoms with E-state index in [1.807, 2.05) is 0 Å². The Morgan fingerprint density at radius 3 is 2.38 bits per heavy atom. The molecule has 138 valence electrons. The number of hydrogen-bond donors (Lipinski definition) is 2. The van der Waals surface area contributed by atoms with Crippen LogP contribution in [-0.4, -0.2) is 42.9 Å². The normalized spacial score (nSPS) is 16.3. The van der Waals surface area contributed by atoms with E-state index in [4.69, 9.17) is 11.6 Å². The van der Waals surface area contributed by atoms with Crippen molar-refractivity contribution in [3.05, 3.63) is 59.1 Å². The molecule has 2 N–H and O–H groups in total. The average Bonchev–Trinajstić information content (AvgIpc) is 2.62. The van der Waals surface area contributed by atoms with Gasteiger partial charge in [0.05, 0.1) is 4.90 Å². The van der Waals surface area contributed by atoms with E-state index in [1.54, 1.807) is 24.3 Å². The van der Waals surface area contributed by atoms with Crippen LogP contribution in [0, 0.1) is 0 Å². The fraction of sp³-hybridized carbons (Fsp3) is 0.278. The van der Waals surface area contributed by atoms with Crippen LogP contribution in [0.15, 0.2) is 53.4 Å². The molecule has 0 radical (unpaired) electrons. The zero-order valence-corrected chi connectivity index (χ0v) is 15.5. The first-order chi connectivity index (χ1) is 12.4. The number of benzene rings is 2. The van der Waals surface area contributed by atoms with Crippen LogP contribution >= 0.6 is 11.6 Å². The number of carbonyl (C=O) groups is 1. The second kappa shape index (κ2) is 7.65. The van der Waals surface area contributed by atoms with Gasteiger partial charge in [0.1, 0.15) is 5.75 Å². The van der Waals surface area contributed by atoms with Gasteiger partial charge in [0, 0.05) is 29.7 Å². The third-order valence-corrected chi connectivity index (χ3v) is 6.51. The summed E-state index contributed by atoms with van der Waals surface area (Å²) in [6, 6.07) is 12.1. The number of halogens is 1. The molecule has 0 spiro atoms. The molecule has 1 saturated heterocycles. The van der Waals surface area contributed by atoms with Crippen LogP contribution in [-0.2, 0) is 10.0 Å². The van der Waals surface area contributed by atoms with Gasteiger partial charge in [-0.3, -0.25) is 4.79 Å². The van der Waals surface area contributed by atoms with Gasteiger partial charge in [0.2, 0.25) is 10.0 Å². The predicted octanol–water partition coefficient (Wildman–Crippen LogP) is 2.63. The average molecular weight is 395 g/mol. The van der Waals surface area contributed by atoms with Crippen LogP contribution in [0.3, 0.4) is 0 Å². The lowest BCUT2D eigenvalue weighted by Gasteiger charge is -2.31. The number of piperidine rings is 1. The van der Waals surface area contributed by atoms with Gasteiger partial charge in [-0.25, -0.2) is 8.42 Å². The molecule has 2 aromatic carbocycles. The van der Waals surface area contributed by atoms with E-state index in [2.05, 4.69) is 5.32 Å². The summed E-state index contributed by atoms with van der Waals surface area (Å²) in [4.78, 5) is 12.4. The van der Waals surface area contributed by atoms with E-state index in [0.717, 1.165) is 0 Å². The number of amides is 1. The molecule has 0 unspecified atom stereocenters. The number of carbonyl (C=O) groups excluding carboxylic acids is 1. The highest BCUT2D eigenvalue weighted by Gasteiger charge is 2.30. The largest absolute Gasteiger partial charge is 0.508 e. The van der Waals surface area contributed by atoms with E-state index in [1.165, 1.54) is 28.6 Å². The van der Waals surface area contributed by atoms with Crippen molar-refractivity contribution >= 4 is 27.5 Å².